The number of methoxy groups -OCH3 is 1. The van der Waals surface area contributed by atoms with Gasteiger partial charge in [0.2, 0.25) is 5.95 Å². The second-order valence-corrected chi connectivity index (χ2v) is 10.1. The fourth-order valence-electron chi connectivity index (χ4n) is 4.50. The lowest BCUT2D eigenvalue weighted by Gasteiger charge is -2.23. The van der Waals surface area contributed by atoms with Crippen LogP contribution < -0.4 is 10.3 Å². The van der Waals surface area contributed by atoms with E-state index in [-0.39, 0.29) is 24.1 Å². The minimum absolute atomic E-state index is 0.214. The van der Waals surface area contributed by atoms with Gasteiger partial charge in [-0.15, -0.1) is 11.3 Å². The van der Waals surface area contributed by atoms with E-state index in [1.54, 1.807) is 37.0 Å². The molecule has 1 aliphatic rings. The van der Waals surface area contributed by atoms with Crippen molar-refractivity contribution in [1.29, 1.82) is 0 Å². The van der Waals surface area contributed by atoms with Crippen molar-refractivity contribution in [1.82, 2.24) is 24.3 Å². The van der Waals surface area contributed by atoms with Gasteiger partial charge < -0.3 is 4.74 Å². The van der Waals surface area contributed by atoms with E-state index in [2.05, 4.69) is 10.1 Å². The summed E-state index contributed by atoms with van der Waals surface area (Å²) in [5.41, 5.74) is 4.23. The number of benzene rings is 1. The number of rotatable bonds is 6. The molecule has 1 aromatic carbocycles. The van der Waals surface area contributed by atoms with Gasteiger partial charge in [-0.1, -0.05) is 18.2 Å². The number of hydrazone groups is 1. The zero-order valence-corrected chi connectivity index (χ0v) is 22.2. The summed E-state index contributed by atoms with van der Waals surface area (Å²) in [6.45, 7) is 7.07. The van der Waals surface area contributed by atoms with E-state index in [0.717, 1.165) is 33.3 Å². The standard InChI is InChI=1S/C27H28N6O3S/c1-16-13-17(2)32(29-16)27-28-19(4)18(3)26(35)31(27)15-25(34)33-23(20-8-10-21(36-5)11-9-20)14-22(30-33)24-7-6-12-37-24/h6-13,23H,14-15H2,1-5H3. The van der Waals surface area contributed by atoms with Crippen LogP contribution in [0.3, 0.4) is 0 Å². The fraction of sp³-hybridized carbons (Fsp3) is 0.296. The molecule has 3 aromatic heterocycles. The van der Waals surface area contributed by atoms with E-state index in [1.807, 2.05) is 61.7 Å². The van der Waals surface area contributed by atoms with Crippen LogP contribution in [0.25, 0.3) is 5.95 Å². The Morgan fingerprint density at radius 2 is 1.89 bits per heavy atom. The maximum absolute atomic E-state index is 13.8. The van der Waals surface area contributed by atoms with Gasteiger partial charge in [-0.25, -0.2) is 14.7 Å². The molecule has 9 nitrogen and oxygen atoms in total. The summed E-state index contributed by atoms with van der Waals surface area (Å²) in [5.74, 6) is 0.748. The van der Waals surface area contributed by atoms with Gasteiger partial charge in [0.15, 0.2) is 0 Å². The molecular weight excluding hydrogens is 488 g/mol. The first-order valence-corrected chi connectivity index (χ1v) is 12.8. The largest absolute Gasteiger partial charge is 0.497 e. The van der Waals surface area contributed by atoms with Crippen LogP contribution in [-0.4, -0.2) is 43.1 Å². The lowest BCUT2D eigenvalue weighted by atomic mass is 10.0. The summed E-state index contributed by atoms with van der Waals surface area (Å²) >= 11 is 1.59. The van der Waals surface area contributed by atoms with Gasteiger partial charge in [-0.3, -0.25) is 14.2 Å². The van der Waals surface area contributed by atoms with Crippen molar-refractivity contribution < 1.29 is 9.53 Å². The van der Waals surface area contributed by atoms with Crippen molar-refractivity contribution in [3.63, 3.8) is 0 Å². The number of amides is 1. The summed E-state index contributed by atoms with van der Waals surface area (Å²) in [6.07, 6.45) is 0.572. The van der Waals surface area contributed by atoms with Crippen LogP contribution in [0.1, 0.15) is 45.5 Å². The first kappa shape index (κ1) is 24.6. The number of hydrogen-bond acceptors (Lipinski definition) is 7. The van der Waals surface area contributed by atoms with Crippen molar-refractivity contribution >= 4 is 23.0 Å². The second kappa shape index (κ2) is 9.78. The highest BCUT2D eigenvalue weighted by Crippen LogP contribution is 2.34. The minimum atomic E-state index is -0.303. The van der Waals surface area contributed by atoms with Gasteiger partial charge in [0.1, 0.15) is 12.3 Å². The van der Waals surface area contributed by atoms with Crippen LogP contribution in [0.2, 0.25) is 0 Å². The zero-order chi connectivity index (χ0) is 26.3. The van der Waals surface area contributed by atoms with E-state index in [1.165, 1.54) is 9.58 Å². The lowest BCUT2D eigenvalue weighted by molar-refractivity contribution is -0.133. The average Bonchev–Trinajstić information content (AvgIpc) is 3.64. The Morgan fingerprint density at radius 1 is 1.14 bits per heavy atom. The summed E-state index contributed by atoms with van der Waals surface area (Å²) in [7, 11) is 1.62. The van der Waals surface area contributed by atoms with Crippen molar-refractivity contribution in [3.8, 4) is 11.7 Å². The van der Waals surface area contributed by atoms with Gasteiger partial charge in [-0.2, -0.15) is 10.2 Å². The smallest absolute Gasteiger partial charge is 0.263 e. The average molecular weight is 517 g/mol. The number of aryl methyl sites for hydroxylation is 3. The molecule has 0 aliphatic carbocycles. The molecule has 0 spiro atoms. The number of aromatic nitrogens is 4. The van der Waals surface area contributed by atoms with E-state index in [0.29, 0.717) is 23.6 Å². The van der Waals surface area contributed by atoms with Crippen LogP contribution in [0.5, 0.6) is 5.75 Å². The Kier molecular flexibility index (Phi) is 6.51. The highest BCUT2D eigenvalue weighted by Gasteiger charge is 2.34. The summed E-state index contributed by atoms with van der Waals surface area (Å²) in [6, 6.07) is 13.2. The maximum Gasteiger partial charge on any atom is 0.263 e. The van der Waals surface area contributed by atoms with Crippen LogP contribution in [-0.2, 0) is 11.3 Å². The van der Waals surface area contributed by atoms with Crippen LogP contribution >= 0.6 is 11.3 Å². The van der Waals surface area contributed by atoms with Gasteiger partial charge >= 0.3 is 0 Å². The maximum atomic E-state index is 13.8. The fourth-order valence-corrected chi connectivity index (χ4v) is 5.22. The monoisotopic (exact) mass is 516 g/mol. The third-order valence-electron chi connectivity index (χ3n) is 6.58. The molecule has 0 N–H and O–H groups in total. The number of thiophene rings is 1. The topological polar surface area (TPSA) is 94.6 Å². The third kappa shape index (κ3) is 4.60. The summed E-state index contributed by atoms with van der Waals surface area (Å²) < 4.78 is 8.31. The summed E-state index contributed by atoms with van der Waals surface area (Å²) in [5, 5.41) is 12.8. The van der Waals surface area contributed by atoms with Crippen molar-refractivity contribution in [2.45, 2.75) is 46.7 Å². The molecule has 0 bridgehead atoms. The van der Waals surface area contributed by atoms with Crippen LogP contribution in [0.15, 0.2) is 57.7 Å². The van der Waals surface area contributed by atoms with Crippen molar-refractivity contribution in [3.05, 3.63) is 91.3 Å². The number of hydrogen-bond donors (Lipinski definition) is 0. The van der Waals surface area contributed by atoms with Crippen LogP contribution in [0, 0.1) is 27.7 Å². The van der Waals surface area contributed by atoms with E-state index < -0.39 is 0 Å². The first-order valence-electron chi connectivity index (χ1n) is 12.0. The number of ether oxygens (including phenoxy) is 1. The number of nitrogens with zero attached hydrogens (tertiary/aromatic N) is 6. The molecule has 190 valence electrons. The normalized spacial score (nSPS) is 15.2. The third-order valence-corrected chi connectivity index (χ3v) is 7.50. The Balaban J connectivity index is 1.56. The predicted molar refractivity (Wildman–Crippen MR) is 143 cm³/mol. The molecule has 1 aliphatic heterocycles. The Morgan fingerprint density at radius 3 is 2.51 bits per heavy atom. The molecular formula is C27H28N6O3S. The molecule has 1 amide bonds. The van der Waals surface area contributed by atoms with Gasteiger partial charge in [0, 0.05) is 23.4 Å². The molecule has 0 saturated heterocycles. The second-order valence-electron chi connectivity index (χ2n) is 9.11. The molecule has 0 radical (unpaired) electrons. The number of carbonyl (C=O) groups is 1. The van der Waals surface area contributed by atoms with E-state index >= 15 is 0 Å². The minimum Gasteiger partial charge on any atom is -0.497 e. The van der Waals surface area contributed by atoms with Gasteiger partial charge in [0.05, 0.1) is 29.4 Å². The Bertz CT molecular complexity index is 1550. The van der Waals surface area contributed by atoms with Gasteiger partial charge in [0.25, 0.3) is 11.5 Å². The van der Waals surface area contributed by atoms with E-state index in [4.69, 9.17) is 9.84 Å². The van der Waals surface area contributed by atoms with Gasteiger partial charge in [-0.05, 0) is 62.9 Å². The predicted octanol–water partition coefficient (Wildman–Crippen LogP) is 4.11. The van der Waals surface area contributed by atoms with Crippen molar-refractivity contribution in [2.24, 2.45) is 5.10 Å². The van der Waals surface area contributed by atoms with E-state index in [9.17, 15) is 9.59 Å². The quantitative estimate of drug-likeness (QED) is 0.384. The summed E-state index contributed by atoms with van der Waals surface area (Å²) in [4.78, 5) is 32.9. The number of carbonyl (C=O) groups excluding carboxylic acids is 1. The molecule has 1 unspecified atom stereocenters. The first-order chi connectivity index (χ1) is 17.8. The molecule has 4 heterocycles. The van der Waals surface area contributed by atoms with Crippen molar-refractivity contribution in [2.75, 3.05) is 7.11 Å². The molecule has 0 fully saturated rings. The molecule has 5 rings (SSSR count). The molecule has 10 heteroatoms. The highest BCUT2D eigenvalue weighted by molar-refractivity contribution is 7.12. The molecule has 0 saturated carbocycles. The molecule has 37 heavy (non-hydrogen) atoms. The molecule has 1 atom stereocenters. The lowest BCUT2D eigenvalue weighted by Crippen LogP contribution is -2.37. The zero-order valence-electron chi connectivity index (χ0n) is 21.4. The highest BCUT2D eigenvalue weighted by atomic mass is 32.1. The Hall–Kier alpha value is -4.05. The SMILES string of the molecule is COc1ccc(C2CC(c3cccs3)=NN2C(=O)Cn2c(-n3nc(C)cc3C)nc(C)c(C)c2=O)cc1. The Labute approximate surface area is 218 Å². The van der Waals surface area contributed by atoms with Crippen LogP contribution in [0.4, 0.5) is 0 Å². The molecule has 4 aromatic rings.